The van der Waals surface area contributed by atoms with E-state index in [1.54, 1.807) is 0 Å². The molecule has 0 aromatic carbocycles. The lowest BCUT2D eigenvalue weighted by atomic mass is 10.0. The van der Waals surface area contributed by atoms with Crippen LogP contribution in [0.4, 0.5) is 0 Å². The lowest BCUT2D eigenvalue weighted by Gasteiger charge is -2.28. The van der Waals surface area contributed by atoms with E-state index in [0.717, 1.165) is 6.92 Å². The summed E-state index contributed by atoms with van der Waals surface area (Å²) in [5.74, 6) is -8.13. The van der Waals surface area contributed by atoms with Crippen LogP contribution in [0.15, 0.2) is 0 Å². The summed E-state index contributed by atoms with van der Waals surface area (Å²) < 4.78 is 0. The molecule has 0 heterocycles. The molecule has 280 valence electrons. The van der Waals surface area contributed by atoms with Gasteiger partial charge in [-0.15, -0.1) is 0 Å². The van der Waals surface area contributed by atoms with Gasteiger partial charge in [-0.2, -0.15) is 0 Å². The minimum Gasteiger partial charge on any atom is -0.480 e. The van der Waals surface area contributed by atoms with Crippen molar-refractivity contribution in [3.8, 4) is 0 Å². The highest BCUT2D eigenvalue weighted by atomic mass is 16.4. The first kappa shape index (κ1) is 44.6. The summed E-state index contributed by atoms with van der Waals surface area (Å²) in [5, 5.41) is 43.3. The third kappa shape index (κ3) is 16.5. The molecule has 0 bridgehead atoms. The molecule has 49 heavy (non-hydrogen) atoms. The lowest BCUT2D eigenvalue weighted by molar-refractivity contribution is -0.368. The van der Waals surface area contributed by atoms with Crippen molar-refractivity contribution in [1.82, 2.24) is 31.9 Å². The highest BCUT2D eigenvalue weighted by molar-refractivity contribution is 5.97. The normalized spacial score (nSPS) is 16.0. The Morgan fingerprint density at radius 3 is 1.61 bits per heavy atom. The second-order valence-electron chi connectivity index (χ2n) is 12.0. The van der Waals surface area contributed by atoms with Crippen LogP contribution in [0.1, 0.15) is 66.7 Å². The molecular formula is C29H54N9O11+. The fraction of sp³-hybridized carbons (Fsp3) is 0.724. The van der Waals surface area contributed by atoms with Gasteiger partial charge < -0.3 is 64.4 Å². The van der Waals surface area contributed by atoms with Crippen molar-refractivity contribution in [1.29, 1.82) is 0 Å². The molecule has 0 aromatic heterocycles. The van der Waals surface area contributed by atoms with Gasteiger partial charge in [0.2, 0.25) is 41.4 Å². The minimum absolute atomic E-state index is 0.105. The number of carbonyl (C=O) groups excluding carboxylic acids is 7. The molecule has 0 unspecified atom stereocenters. The molecule has 0 saturated heterocycles. The summed E-state index contributed by atoms with van der Waals surface area (Å²) in [7, 11) is 0. The van der Waals surface area contributed by atoms with E-state index in [1.165, 1.54) is 27.7 Å². The fourth-order valence-corrected chi connectivity index (χ4v) is 4.21. The third-order valence-electron chi connectivity index (χ3n) is 7.21. The van der Waals surface area contributed by atoms with E-state index in [0.29, 0.717) is 19.4 Å². The molecule has 0 spiro atoms. The van der Waals surface area contributed by atoms with Crippen molar-refractivity contribution in [3.63, 3.8) is 0 Å². The number of carbonyl (C=O) groups is 8. The third-order valence-corrected chi connectivity index (χ3v) is 7.21. The smallest absolute Gasteiger partial charge is 0.326 e. The van der Waals surface area contributed by atoms with Gasteiger partial charge in [-0.05, 0) is 52.4 Å². The van der Waals surface area contributed by atoms with E-state index in [-0.39, 0.29) is 12.8 Å². The van der Waals surface area contributed by atoms with Crippen molar-refractivity contribution >= 4 is 47.3 Å². The zero-order valence-corrected chi connectivity index (χ0v) is 28.6. The number of aliphatic hydroxyl groups excluding tert-OH is 2. The van der Waals surface area contributed by atoms with Crippen LogP contribution in [-0.2, 0) is 38.4 Å². The Bertz CT molecular complexity index is 1170. The molecule has 0 aliphatic rings. The molecule has 0 saturated carbocycles. The molecule has 16 N–H and O–H groups in total. The van der Waals surface area contributed by atoms with E-state index < -0.39 is 115 Å². The largest absolute Gasteiger partial charge is 0.480 e. The second kappa shape index (κ2) is 22.3. The minimum atomic E-state index is -1.76. The number of carboxylic acids is 1. The first-order valence-electron chi connectivity index (χ1n) is 15.9. The molecule has 0 aromatic rings. The van der Waals surface area contributed by atoms with E-state index in [4.69, 9.17) is 11.5 Å². The van der Waals surface area contributed by atoms with Gasteiger partial charge in [0.1, 0.15) is 36.3 Å². The number of rotatable bonds is 23. The predicted octanol–water partition coefficient (Wildman–Crippen LogP) is -5.95. The van der Waals surface area contributed by atoms with Crippen LogP contribution in [0.3, 0.4) is 0 Å². The van der Waals surface area contributed by atoms with Crippen LogP contribution in [0.2, 0.25) is 0 Å². The summed E-state index contributed by atoms with van der Waals surface area (Å²) in [4.78, 5) is 100. The van der Waals surface area contributed by atoms with E-state index >= 15 is 0 Å². The molecule has 20 heteroatoms. The van der Waals surface area contributed by atoms with Crippen LogP contribution >= 0.6 is 0 Å². The summed E-state index contributed by atoms with van der Waals surface area (Å²) in [6.45, 7) is 6.56. The van der Waals surface area contributed by atoms with Crippen molar-refractivity contribution in [2.45, 2.75) is 115 Å². The van der Waals surface area contributed by atoms with Gasteiger partial charge >= 0.3 is 5.97 Å². The molecule has 0 radical (unpaired) electrons. The average Bonchev–Trinajstić information content (AvgIpc) is 3.01. The van der Waals surface area contributed by atoms with Gasteiger partial charge in [-0.1, -0.05) is 13.8 Å². The van der Waals surface area contributed by atoms with Gasteiger partial charge in [-0.25, -0.2) is 4.79 Å². The van der Waals surface area contributed by atoms with Crippen molar-refractivity contribution < 1.29 is 59.4 Å². The number of nitrogens with one attached hydrogen (secondary N) is 6. The number of nitrogens with two attached hydrogens (primary N) is 2. The first-order chi connectivity index (χ1) is 22.8. The zero-order chi connectivity index (χ0) is 38.0. The Balaban J connectivity index is 6.02. The van der Waals surface area contributed by atoms with E-state index in [1.807, 2.05) is 0 Å². The van der Waals surface area contributed by atoms with Crippen LogP contribution in [0.25, 0.3) is 0 Å². The average molecular weight is 705 g/mol. The maximum Gasteiger partial charge on any atom is 0.326 e. The maximum absolute atomic E-state index is 13.4. The second-order valence-corrected chi connectivity index (χ2v) is 12.0. The summed E-state index contributed by atoms with van der Waals surface area (Å²) >= 11 is 0. The number of amides is 7. The topological polar surface area (TPSA) is 349 Å². The van der Waals surface area contributed by atoms with Gasteiger partial charge in [-0.3, -0.25) is 33.6 Å². The van der Waals surface area contributed by atoms with E-state index in [2.05, 4.69) is 37.6 Å². The van der Waals surface area contributed by atoms with Gasteiger partial charge in [0.05, 0.1) is 25.3 Å². The Labute approximate surface area is 284 Å². The number of carboxylic acid groups (broad SMARTS) is 1. The van der Waals surface area contributed by atoms with E-state index in [9.17, 15) is 53.7 Å². The monoisotopic (exact) mass is 704 g/mol. The molecule has 0 aliphatic heterocycles. The van der Waals surface area contributed by atoms with Crippen molar-refractivity contribution in [2.75, 3.05) is 13.2 Å². The maximum atomic E-state index is 13.4. The fourth-order valence-electron chi connectivity index (χ4n) is 4.21. The Hall–Kier alpha value is -4.40. The number of hydrogen-bond donors (Lipinski definition) is 12. The van der Waals surface area contributed by atoms with Crippen LogP contribution in [0.5, 0.6) is 0 Å². The number of quaternary nitrogens is 1. The summed E-state index contributed by atoms with van der Waals surface area (Å²) in [6, 6.07) is -9.47. The van der Waals surface area contributed by atoms with Gasteiger partial charge in [0.15, 0.2) is 0 Å². The SMILES string of the molecule is CC(C)[C@H](NC(=O)[C@H](CO)NC(=O)[C@@H](NC(=O)[C@H](CCC(N)=O)NC(=O)[C@H](CCCC[NH3+])NC(=O)[C@H](C)NC(=O)[C@H](C)N)[C@@H](C)O)C(=O)O. The number of aliphatic carboxylic acids is 1. The first-order valence-corrected chi connectivity index (χ1v) is 15.9. The van der Waals surface area contributed by atoms with Gasteiger partial charge in [0, 0.05) is 6.42 Å². The van der Waals surface area contributed by atoms with Crippen molar-refractivity contribution in [3.05, 3.63) is 0 Å². The number of primary amides is 1. The Kier molecular flexibility index (Phi) is 20.3. The molecule has 7 amide bonds. The molecule has 0 rings (SSSR count). The zero-order valence-electron chi connectivity index (χ0n) is 28.6. The molecule has 8 atom stereocenters. The quantitative estimate of drug-likeness (QED) is 0.0442. The highest BCUT2D eigenvalue weighted by Gasteiger charge is 2.35. The molecule has 20 nitrogen and oxygen atoms in total. The lowest BCUT2D eigenvalue weighted by Crippen LogP contribution is -2.62. The Morgan fingerprint density at radius 2 is 1.14 bits per heavy atom. The standard InChI is InChI=1S/C29H53N9O11/c1-13(2)21(29(48)49)37-27(46)19(12-39)36-28(47)22(16(5)40)38-26(45)18(9-10-20(32)41)35-25(44)17(8-6-7-11-30)34-24(43)15(4)33-23(42)14(3)31/h13-19,21-22,39-40H,6-12,30-31H2,1-5H3,(H2,32,41)(H,33,42)(H,34,43)(H,35,44)(H,36,47)(H,37,46)(H,38,45)(H,48,49)/p+1/t14-,15-,16+,17-,18-,19-,21-,22-/m0/s1. The number of hydrogen-bond acceptors (Lipinski definition) is 11. The van der Waals surface area contributed by atoms with Gasteiger partial charge in [0.25, 0.3) is 0 Å². The Morgan fingerprint density at radius 1 is 0.653 bits per heavy atom. The predicted molar refractivity (Wildman–Crippen MR) is 172 cm³/mol. The van der Waals surface area contributed by atoms with Crippen LogP contribution < -0.4 is 49.1 Å². The summed E-state index contributed by atoms with van der Waals surface area (Å²) in [6.07, 6.45) is -1.20. The summed E-state index contributed by atoms with van der Waals surface area (Å²) in [5.41, 5.74) is 14.5. The molecular weight excluding hydrogens is 650 g/mol. The van der Waals surface area contributed by atoms with Crippen LogP contribution in [0, 0.1) is 5.92 Å². The molecule has 0 fully saturated rings. The number of unbranched alkanes of at least 4 members (excludes halogenated alkanes) is 1. The highest BCUT2D eigenvalue weighted by Crippen LogP contribution is 2.07. The number of aliphatic hydroxyl groups is 2. The van der Waals surface area contributed by atoms with Crippen LogP contribution in [-0.4, -0.2) is 124 Å². The van der Waals surface area contributed by atoms with Crippen molar-refractivity contribution in [2.24, 2.45) is 17.4 Å². The molecule has 0 aliphatic carbocycles.